The second-order valence-corrected chi connectivity index (χ2v) is 6.22. The molecule has 2 amide bonds. The van der Waals surface area contributed by atoms with Gasteiger partial charge >= 0.3 is 5.97 Å². The molecule has 0 aliphatic carbocycles. The van der Waals surface area contributed by atoms with E-state index in [0.29, 0.717) is 11.3 Å². The van der Waals surface area contributed by atoms with E-state index >= 15 is 0 Å². The zero-order valence-corrected chi connectivity index (χ0v) is 14.5. The van der Waals surface area contributed by atoms with E-state index in [1.54, 1.807) is 12.1 Å². The molecule has 2 rings (SSSR count). The molecule has 0 saturated heterocycles. The smallest absolute Gasteiger partial charge is 0.316 e. The quantitative estimate of drug-likeness (QED) is 0.585. The van der Waals surface area contributed by atoms with E-state index < -0.39 is 17.8 Å². The Labute approximate surface area is 149 Å². The number of ether oxygens (including phenoxy) is 1. The largest absolute Gasteiger partial charge is 0.455 e. The van der Waals surface area contributed by atoms with Gasteiger partial charge in [-0.25, -0.2) is 0 Å². The van der Waals surface area contributed by atoms with Gasteiger partial charge in [-0.05, 0) is 42.8 Å². The van der Waals surface area contributed by atoms with Gasteiger partial charge < -0.3 is 15.8 Å². The molecule has 0 aliphatic heterocycles. The first-order valence-corrected chi connectivity index (χ1v) is 8.48. The van der Waals surface area contributed by atoms with Gasteiger partial charge in [0.15, 0.2) is 6.61 Å². The molecule has 130 valence electrons. The lowest BCUT2D eigenvalue weighted by atomic mass is 10.2. The average Bonchev–Trinajstić information content (AvgIpc) is 2.59. The molecule has 2 aromatic rings. The van der Waals surface area contributed by atoms with E-state index in [1.807, 2.05) is 31.2 Å². The number of nitrogens with one attached hydrogen (secondary N) is 1. The van der Waals surface area contributed by atoms with Gasteiger partial charge in [0.1, 0.15) is 0 Å². The van der Waals surface area contributed by atoms with Gasteiger partial charge in [0.25, 0.3) is 5.91 Å². The second kappa shape index (κ2) is 8.89. The Morgan fingerprint density at radius 2 is 1.76 bits per heavy atom. The predicted molar refractivity (Wildman–Crippen MR) is 96.5 cm³/mol. The molecule has 0 saturated carbocycles. The molecule has 7 heteroatoms. The number of amides is 2. The summed E-state index contributed by atoms with van der Waals surface area (Å²) in [7, 11) is 0. The third-order valence-electron chi connectivity index (χ3n) is 3.26. The molecule has 0 bridgehead atoms. The van der Waals surface area contributed by atoms with Crippen LogP contribution in [0, 0.1) is 6.92 Å². The van der Waals surface area contributed by atoms with E-state index in [-0.39, 0.29) is 12.4 Å². The molecular formula is C18H18N2O4S. The average molecular weight is 358 g/mol. The first-order valence-electron chi connectivity index (χ1n) is 7.49. The summed E-state index contributed by atoms with van der Waals surface area (Å²) in [6.45, 7) is 1.59. The number of esters is 1. The fraction of sp³-hybridized carbons (Fsp3) is 0.167. The Kier molecular flexibility index (Phi) is 6.59. The van der Waals surface area contributed by atoms with Crippen LogP contribution in [0.3, 0.4) is 0 Å². The van der Waals surface area contributed by atoms with E-state index in [0.717, 1.165) is 10.5 Å². The lowest BCUT2D eigenvalue weighted by Crippen LogP contribution is -2.21. The summed E-state index contributed by atoms with van der Waals surface area (Å²) in [6.07, 6.45) is 0. The van der Waals surface area contributed by atoms with Crippen molar-refractivity contribution in [1.82, 2.24) is 0 Å². The highest BCUT2D eigenvalue weighted by atomic mass is 32.2. The summed E-state index contributed by atoms with van der Waals surface area (Å²) >= 11 is 1.37. The van der Waals surface area contributed by atoms with Crippen LogP contribution >= 0.6 is 11.8 Å². The number of rotatable bonds is 7. The van der Waals surface area contributed by atoms with Crippen LogP contribution in [0.4, 0.5) is 5.69 Å². The minimum Gasteiger partial charge on any atom is -0.455 e. The third kappa shape index (κ3) is 5.96. The van der Waals surface area contributed by atoms with Crippen LogP contribution < -0.4 is 11.1 Å². The lowest BCUT2D eigenvalue weighted by Gasteiger charge is -2.08. The van der Waals surface area contributed by atoms with Crippen molar-refractivity contribution in [3.8, 4) is 0 Å². The van der Waals surface area contributed by atoms with Crippen LogP contribution in [-0.2, 0) is 14.3 Å². The minimum atomic E-state index is -0.544. The fourth-order valence-electron chi connectivity index (χ4n) is 1.96. The van der Waals surface area contributed by atoms with Crippen molar-refractivity contribution in [1.29, 1.82) is 0 Å². The molecule has 0 heterocycles. The summed E-state index contributed by atoms with van der Waals surface area (Å²) in [4.78, 5) is 35.5. The molecule has 2 aromatic carbocycles. The summed E-state index contributed by atoms with van der Waals surface area (Å²) in [6, 6.07) is 13.8. The number of aryl methyl sites for hydroxylation is 1. The highest BCUT2D eigenvalue weighted by molar-refractivity contribution is 8.00. The van der Waals surface area contributed by atoms with Gasteiger partial charge in [0, 0.05) is 16.1 Å². The summed E-state index contributed by atoms with van der Waals surface area (Å²) in [5, 5.41) is 2.57. The topological polar surface area (TPSA) is 98.5 Å². The summed E-state index contributed by atoms with van der Waals surface area (Å²) < 4.78 is 4.95. The first-order chi connectivity index (χ1) is 12.0. The van der Waals surface area contributed by atoms with Crippen LogP contribution in [0.25, 0.3) is 0 Å². The Balaban J connectivity index is 1.74. The molecular weight excluding hydrogens is 340 g/mol. The van der Waals surface area contributed by atoms with Gasteiger partial charge in [-0.3, -0.25) is 14.4 Å². The number of carbonyl (C=O) groups is 3. The fourth-order valence-corrected chi connectivity index (χ4v) is 2.78. The number of thioether (sulfide) groups is 1. The van der Waals surface area contributed by atoms with Crippen molar-refractivity contribution in [3.05, 3.63) is 59.7 Å². The maximum atomic E-state index is 11.8. The highest BCUT2D eigenvalue weighted by Crippen LogP contribution is 2.21. The van der Waals surface area contributed by atoms with E-state index in [2.05, 4.69) is 5.32 Å². The van der Waals surface area contributed by atoms with E-state index in [9.17, 15) is 14.4 Å². The number of nitrogens with two attached hydrogens (primary N) is 1. The van der Waals surface area contributed by atoms with Gasteiger partial charge in [-0.2, -0.15) is 0 Å². The number of carbonyl (C=O) groups excluding carboxylic acids is 3. The summed E-state index contributed by atoms with van der Waals surface area (Å²) in [5.74, 6) is -1.34. The van der Waals surface area contributed by atoms with E-state index in [4.69, 9.17) is 10.5 Å². The van der Waals surface area contributed by atoms with Gasteiger partial charge in [-0.15, -0.1) is 11.8 Å². The van der Waals surface area contributed by atoms with Crippen molar-refractivity contribution < 1.29 is 19.1 Å². The molecule has 6 nitrogen and oxygen atoms in total. The standard InChI is InChI=1S/C18H18N2O4S/c1-12-4-2-3-5-15(12)25-11-17(22)24-10-16(21)20-14-8-6-13(7-9-14)18(19)23/h2-9H,10-11H2,1H3,(H2,19,23)(H,20,21). The molecule has 0 atom stereocenters. The van der Waals surface area contributed by atoms with Crippen molar-refractivity contribution in [2.75, 3.05) is 17.7 Å². The Bertz CT molecular complexity index is 775. The molecule has 25 heavy (non-hydrogen) atoms. The van der Waals surface area contributed by atoms with Crippen LogP contribution in [0.5, 0.6) is 0 Å². The Morgan fingerprint density at radius 1 is 1.08 bits per heavy atom. The van der Waals surface area contributed by atoms with Gasteiger partial charge in [0.2, 0.25) is 5.91 Å². The van der Waals surface area contributed by atoms with Crippen LogP contribution in [0.15, 0.2) is 53.4 Å². The van der Waals surface area contributed by atoms with Crippen molar-refractivity contribution in [3.63, 3.8) is 0 Å². The molecule has 0 fully saturated rings. The normalized spacial score (nSPS) is 10.1. The Morgan fingerprint density at radius 3 is 2.40 bits per heavy atom. The molecule has 0 unspecified atom stereocenters. The number of benzene rings is 2. The SMILES string of the molecule is Cc1ccccc1SCC(=O)OCC(=O)Nc1ccc(C(N)=O)cc1. The van der Waals surface area contributed by atoms with Crippen LogP contribution in [0.2, 0.25) is 0 Å². The minimum absolute atomic E-state index is 0.130. The predicted octanol–water partition coefficient (Wildman–Crippen LogP) is 2.37. The third-order valence-corrected chi connectivity index (χ3v) is 4.41. The first kappa shape index (κ1) is 18.5. The molecule has 0 aliphatic rings. The van der Waals surface area contributed by atoms with Crippen molar-refractivity contribution >= 4 is 35.2 Å². The van der Waals surface area contributed by atoms with E-state index in [1.165, 1.54) is 23.9 Å². The maximum absolute atomic E-state index is 11.8. The lowest BCUT2D eigenvalue weighted by molar-refractivity contribution is -0.144. The molecule has 3 N–H and O–H groups in total. The molecule has 0 radical (unpaired) electrons. The van der Waals surface area contributed by atoms with Gasteiger partial charge in [0.05, 0.1) is 5.75 Å². The number of hydrogen-bond acceptors (Lipinski definition) is 5. The zero-order chi connectivity index (χ0) is 18.2. The zero-order valence-electron chi connectivity index (χ0n) is 13.7. The van der Waals surface area contributed by atoms with Crippen molar-refractivity contribution in [2.24, 2.45) is 5.73 Å². The monoisotopic (exact) mass is 358 g/mol. The molecule has 0 spiro atoms. The second-order valence-electron chi connectivity index (χ2n) is 5.20. The number of primary amides is 1. The van der Waals surface area contributed by atoms with Gasteiger partial charge in [-0.1, -0.05) is 18.2 Å². The number of anilines is 1. The van der Waals surface area contributed by atoms with Crippen LogP contribution in [0.1, 0.15) is 15.9 Å². The summed E-state index contributed by atoms with van der Waals surface area (Å²) in [5.41, 5.74) is 7.05. The Hall–Kier alpha value is -2.80. The number of hydrogen-bond donors (Lipinski definition) is 2. The highest BCUT2D eigenvalue weighted by Gasteiger charge is 2.10. The molecule has 0 aromatic heterocycles. The maximum Gasteiger partial charge on any atom is 0.316 e. The van der Waals surface area contributed by atoms with Crippen molar-refractivity contribution in [2.45, 2.75) is 11.8 Å². The van der Waals surface area contributed by atoms with Crippen LogP contribution in [-0.4, -0.2) is 30.1 Å².